The van der Waals surface area contributed by atoms with Crippen LogP contribution in [-0.4, -0.2) is 15.7 Å². The highest BCUT2D eigenvalue weighted by molar-refractivity contribution is 5.97. The van der Waals surface area contributed by atoms with E-state index in [-0.39, 0.29) is 23.1 Å². The van der Waals surface area contributed by atoms with E-state index in [2.05, 4.69) is 0 Å². The fourth-order valence-corrected chi connectivity index (χ4v) is 2.44. The third-order valence-corrected chi connectivity index (χ3v) is 3.70. The molecule has 0 bridgehead atoms. The number of pyridine rings is 1. The van der Waals surface area contributed by atoms with Gasteiger partial charge in [-0.25, -0.2) is 14.3 Å². The van der Waals surface area contributed by atoms with Crippen molar-refractivity contribution in [1.29, 1.82) is 0 Å². The van der Waals surface area contributed by atoms with Crippen molar-refractivity contribution < 1.29 is 18.8 Å². The lowest BCUT2D eigenvalue weighted by Gasteiger charge is -2.09. The number of fused-ring (bicyclic) bond motifs is 1. The van der Waals surface area contributed by atoms with Crippen molar-refractivity contribution in [1.82, 2.24) is 10.0 Å². The summed E-state index contributed by atoms with van der Waals surface area (Å²) in [6, 6.07) is 9.19. The fourth-order valence-electron chi connectivity index (χ4n) is 2.44. The Morgan fingerprint density at radius 1 is 1.12 bits per heavy atom. The van der Waals surface area contributed by atoms with E-state index in [9.17, 15) is 18.4 Å². The summed E-state index contributed by atoms with van der Waals surface area (Å²) in [4.78, 5) is 24.0. The van der Waals surface area contributed by atoms with Crippen LogP contribution in [-0.2, 0) is 6.54 Å². The molecule has 1 aromatic heterocycles. The zero-order chi connectivity index (χ0) is 17.3. The molecule has 1 heterocycles. The predicted octanol–water partition coefficient (Wildman–Crippen LogP) is 2.45. The van der Waals surface area contributed by atoms with E-state index in [1.54, 1.807) is 12.1 Å². The first kappa shape index (κ1) is 15.8. The van der Waals surface area contributed by atoms with Crippen molar-refractivity contribution in [2.75, 3.05) is 0 Å². The van der Waals surface area contributed by atoms with E-state index in [0.717, 1.165) is 12.1 Å². The van der Waals surface area contributed by atoms with Gasteiger partial charge in [0, 0.05) is 28.8 Å². The van der Waals surface area contributed by atoms with E-state index in [1.165, 1.54) is 34.4 Å². The second-order valence-corrected chi connectivity index (χ2v) is 5.23. The first-order valence-electron chi connectivity index (χ1n) is 7.01. The summed E-state index contributed by atoms with van der Waals surface area (Å²) in [5.74, 6) is -2.17. The van der Waals surface area contributed by atoms with E-state index >= 15 is 0 Å². The van der Waals surface area contributed by atoms with Crippen LogP contribution >= 0.6 is 0 Å². The summed E-state index contributed by atoms with van der Waals surface area (Å²) >= 11 is 0. The Hall–Kier alpha value is -3.06. The number of carbonyl (C=O) groups excluding carboxylic acids is 1. The number of rotatable bonds is 3. The number of hydrogen-bond acceptors (Lipinski definition) is 3. The van der Waals surface area contributed by atoms with Crippen molar-refractivity contribution >= 4 is 16.7 Å². The van der Waals surface area contributed by atoms with Crippen LogP contribution in [0.25, 0.3) is 10.8 Å². The lowest BCUT2D eigenvalue weighted by atomic mass is 10.1. The smallest absolute Gasteiger partial charge is 0.274 e. The number of nitrogens with zero attached hydrogens (tertiary/aromatic N) is 1. The molecule has 2 aromatic carbocycles. The highest BCUT2D eigenvalue weighted by atomic mass is 19.1. The van der Waals surface area contributed by atoms with Crippen LogP contribution in [0.5, 0.6) is 0 Å². The molecule has 122 valence electrons. The van der Waals surface area contributed by atoms with Crippen molar-refractivity contribution in [2.45, 2.75) is 6.54 Å². The monoisotopic (exact) mass is 330 g/mol. The highest BCUT2D eigenvalue weighted by Gasteiger charge is 2.10. The van der Waals surface area contributed by atoms with Gasteiger partial charge in [-0.1, -0.05) is 12.1 Å². The molecule has 5 nitrogen and oxygen atoms in total. The number of amides is 1. The summed E-state index contributed by atoms with van der Waals surface area (Å²) in [7, 11) is 0. The molecule has 0 radical (unpaired) electrons. The lowest BCUT2D eigenvalue weighted by Crippen LogP contribution is -2.22. The van der Waals surface area contributed by atoms with E-state index in [4.69, 9.17) is 5.21 Å². The number of hydroxylamine groups is 1. The van der Waals surface area contributed by atoms with E-state index in [1.807, 2.05) is 0 Å². The van der Waals surface area contributed by atoms with Crippen LogP contribution in [0.4, 0.5) is 8.78 Å². The molecule has 0 saturated heterocycles. The van der Waals surface area contributed by atoms with Gasteiger partial charge in [-0.2, -0.15) is 0 Å². The topological polar surface area (TPSA) is 71.3 Å². The minimum Gasteiger partial charge on any atom is -0.310 e. The summed E-state index contributed by atoms with van der Waals surface area (Å²) < 4.78 is 28.0. The number of carbonyl (C=O) groups is 1. The van der Waals surface area contributed by atoms with Gasteiger partial charge in [0.15, 0.2) is 0 Å². The zero-order valence-corrected chi connectivity index (χ0v) is 12.3. The standard InChI is InChI=1S/C17H12F2N2O3/c18-13-4-3-12(15(19)8-13)9-21-6-5-10-1-2-11(16(22)20-24)7-14(10)17(21)23/h1-8,24H,9H2,(H,20,22). The SMILES string of the molecule is O=C(NO)c1ccc2ccn(Cc3ccc(F)cc3F)c(=O)c2c1. The second-order valence-electron chi connectivity index (χ2n) is 5.23. The Labute approximate surface area is 134 Å². The predicted molar refractivity (Wildman–Crippen MR) is 82.9 cm³/mol. The Kier molecular flexibility index (Phi) is 4.09. The van der Waals surface area contributed by atoms with Crippen LogP contribution in [0.15, 0.2) is 53.5 Å². The summed E-state index contributed by atoms with van der Waals surface area (Å²) in [5, 5.41) is 9.53. The maximum Gasteiger partial charge on any atom is 0.274 e. The van der Waals surface area contributed by atoms with E-state index in [0.29, 0.717) is 5.39 Å². The van der Waals surface area contributed by atoms with Gasteiger partial charge in [-0.15, -0.1) is 0 Å². The van der Waals surface area contributed by atoms with Gasteiger partial charge in [-0.05, 0) is 29.7 Å². The normalized spacial score (nSPS) is 10.8. The average Bonchev–Trinajstić information content (AvgIpc) is 2.58. The molecule has 1 amide bonds. The van der Waals surface area contributed by atoms with Crippen LogP contribution in [0.2, 0.25) is 0 Å². The van der Waals surface area contributed by atoms with Gasteiger partial charge in [0.25, 0.3) is 11.5 Å². The fraction of sp³-hybridized carbons (Fsp3) is 0.0588. The minimum absolute atomic E-state index is 0.0721. The third-order valence-electron chi connectivity index (χ3n) is 3.70. The Bertz CT molecular complexity index is 999. The molecule has 0 aliphatic carbocycles. The molecule has 7 heteroatoms. The van der Waals surface area contributed by atoms with Crippen LogP contribution in [0.3, 0.4) is 0 Å². The number of benzene rings is 2. The summed E-state index contributed by atoms with van der Waals surface area (Å²) in [5.41, 5.74) is 1.36. The molecule has 24 heavy (non-hydrogen) atoms. The molecular weight excluding hydrogens is 318 g/mol. The average molecular weight is 330 g/mol. The lowest BCUT2D eigenvalue weighted by molar-refractivity contribution is 0.0706. The van der Waals surface area contributed by atoms with Crippen molar-refractivity contribution in [3.63, 3.8) is 0 Å². The Morgan fingerprint density at radius 2 is 1.92 bits per heavy atom. The number of aromatic nitrogens is 1. The molecule has 2 N–H and O–H groups in total. The molecule has 0 aliphatic rings. The maximum absolute atomic E-state index is 13.8. The van der Waals surface area contributed by atoms with Gasteiger partial charge in [-0.3, -0.25) is 14.8 Å². The molecule has 3 rings (SSSR count). The number of nitrogens with one attached hydrogen (secondary N) is 1. The largest absolute Gasteiger partial charge is 0.310 e. The first-order chi connectivity index (χ1) is 11.5. The van der Waals surface area contributed by atoms with E-state index < -0.39 is 23.1 Å². The van der Waals surface area contributed by atoms with Crippen LogP contribution < -0.4 is 11.0 Å². The van der Waals surface area contributed by atoms with Gasteiger partial charge in [0.2, 0.25) is 0 Å². The zero-order valence-electron chi connectivity index (χ0n) is 12.3. The molecule has 0 spiro atoms. The molecule has 0 saturated carbocycles. The molecule has 0 unspecified atom stereocenters. The molecule has 0 aliphatic heterocycles. The number of hydrogen-bond donors (Lipinski definition) is 2. The molecular formula is C17H12F2N2O3. The third kappa shape index (κ3) is 2.89. The van der Waals surface area contributed by atoms with Gasteiger partial charge >= 0.3 is 0 Å². The highest BCUT2D eigenvalue weighted by Crippen LogP contribution is 2.14. The van der Waals surface area contributed by atoms with Gasteiger partial charge in [0.1, 0.15) is 11.6 Å². The van der Waals surface area contributed by atoms with Crippen molar-refractivity contribution in [3.8, 4) is 0 Å². The Morgan fingerprint density at radius 3 is 2.62 bits per heavy atom. The summed E-state index contributed by atoms with van der Waals surface area (Å²) in [6.07, 6.45) is 1.50. The molecule has 3 aromatic rings. The molecule has 0 atom stereocenters. The van der Waals surface area contributed by atoms with Crippen molar-refractivity contribution in [2.24, 2.45) is 0 Å². The Balaban J connectivity index is 2.07. The summed E-state index contributed by atoms with van der Waals surface area (Å²) in [6.45, 7) is -0.0721. The number of halogens is 2. The molecule has 0 fully saturated rings. The maximum atomic E-state index is 13.8. The van der Waals surface area contributed by atoms with Gasteiger partial charge < -0.3 is 4.57 Å². The van der Waals surface area contributed by atoms with Crippen LogP contribution in [0, 0.1) is 11.6 Å². The van der Waals surface area contributed by atoms with Crippen LogP contribution in [0.1, 0.15) is 15.9 Å². The first-order valence-corrected chi connectivity index (χ1v) is 7.01. The van der Waals surface area contributed by atoms with Gasteiger partial charge in [0.05, 0.1) is 6.54 Å². The van der Waals surface area contributed by atoms with Crippen molar-refractivity contribution in [3.05, 3.63) is 81.8 Å². The quantitative estimate of drug-likeness (QED) is 0.572. The second kappa shape index (κ2) is 6.21. The minimum atomic E-state index is -0.740.